The van der Waals surface area contributed by atoms with Crippen molar-refractivity contribution in [3.8, 4) is 17.4 Å². The minimum Gasteiger partial charge on any atom is -0.481 e. The van der Waals surface area contributed by atoms with Gasteiger partial charge in [-0.25, -0.2) is 0 Å². The maximum absolute atomic E-state index is 12.0. The van der Waals surface area contributed by atoms with Crippen molar-refractivity contribution in [2.75, 3.05) is 11.4 Å². The highest BCUT2D eigenvalue weighted by Gasteiger charge is 2.37. The topological polar surface area (TPSA) is 94.5 Å². The van der Waals surface area contributed by atoms with E-state index >= 15 is 0 Å². The van der Waals surface area contributed by atoms with Crippen LogP contribution in [0, 0.1) is 17.2 Å². The van der Waals surface area contributed by atoms with Crippen molar-refractivity contribution >= 4 is 17.8 Å². The molecule has 1 aliphatic heterocycles. The molecule has 2 heterocycles. The van der Waals surface area contributed by atoms with E-state index < -0.39 is 11.9 Å². The van der Waals surface area contributed by atoms with Gasteiger partial charge >= 0.3 is 5.97 Å². The number of carboxylic acid groups (broad SMARTS) is 1. The number of amides is 1. The van der Waals surface area contributed by atoms with E-state index in [4.69, 9.17) is 9.52 Å². The standard InChI is InChI=1S/C16H12N2O4/c17-8-11-6-13(10-4-2-1-3-5-10)22-15(11)18-9-12(16(20)21)7-14(18)19/h1-6,12H,7,9H2,(H,20,21). The van der Waals surface area contributed by atoms with Crippen molar-refractivity contribution in [2.45, 2.75) is 6.42 Å². The summed E-state index contributed by atoms with van der Waals surface area (Å²) < 4.78 is 5.66. The third-order valence-electron chi connectivity index (χ3n) is 3.61. The van der Waals surface area contributed by atoms with Gasteiger partial charge < -0.3 is 9.52 Å². The second-order valence-corrected chi connectivity index (χ2v) is 5.05. The van der Waals surface area contributed by atoms with Crippen molar-refractivity contribution in [1.29, 1.82) is 5.26 Å². The van der Waals surface area contributed by atoms with Gasteiger partial charge in [0.1, 0.15) is 17.4 Å². The lowest BCUT2D eigenvalue weighted by molar-refractivity contribution is -0.141. The predicted molar refractivity (Wildman–Crippen MR) is 77.0 cm³/mol. The molecule has 1 aliphatic rings. The van der Waals surface area contributed by atoms with Crippen LogP contribution in [0.3, 0.4) is 0 Å². The third kappa shape index (κ3) is 2.33. The van der Waals surface area contributed by atoms with Crippen LogP contribution in [0.25, 0.3) is 11.3 Å². The lowest BCUT2D eigenvalue weighted by Crippen LogP contribution is -2.25. The Morgan fingerprint density at radius 2 is 2.09 bits per heavy atom. The van der Waals surface area contributed by atoms with Gasteiger partial charge in [-0.1, -0.05) is 30.3 Å². The van der Waals surface area contributed by atoms with Crippen molar-refractivity contribution in [2.24, 2.45) is 5.92 Å². The number of nitrogens with zero attached hydrogens (tertiary/aromatic N) is 2. The van der Waals surface area contributed by atoms with Crippen LogP contribution in [0.15, 0.2) is 40.8 Å². The molecule has 0 radical (unpaired) electrons. The van der Waals surface area contributed by atoms with E-state index in [2.05, 4.69) is 0 Å². The highest BCUT2D eigenvalue weighted by Crippen LogP contribution is 2.34. The van der Waals surface area contributed by atoms with Crippen LogP contribution >= 0.6 is 0 Å². The van der Waals surface area contributed by atoms with Gasteiger partial charge in [0.2, 0.25) is 11.8 Å². The van der Waals surface area contributed by atoms with Gasteiger partial charge in [-0.2, -0.15) is 5.26 Å². The van der Waals surface area contributed by atoms with Crippen molar-refractivity contribution in [3.05, 3.63) is 42.0 Å². The molecule has 0 saturated carbocycles. The predicted octanol–water partition coefficient (Wildman–Crippen LogP) is 2.26. The minimum absolute atomic E-state index is 0.0184. The number of nitriles is 1. The number of carboxylic acids is 1. The minimum atomic E-state index is -1.02. The zero-order valence-electron chi connectivity index (χ0n) is 11.5. The van der Waals surface area contributed by atoms with E-state index in [-0.39, 0.29) is 30.3 Å². The Labute approximate surface area is 126 Å². The molecule has 0 aliphatic carbocycles. The van der Waals surface area contributed by atoms with Crippen molar-refractivity contribution in [1.82, 2.24) is 0 Å². The van der Waals surface area contributed by atoms with E-state index in [1.54, 1.807) is 6.07 Å². The zero-order valence-corrected chi connectivity index (χ0v) is 11.5. The summed E-state index contributed by atoms with van der Waals surface area (Å²) in [6.45, 7) is 0.0184. The number of carbonyl (C=O) groups excluding carboxylic acids is 1. The quantitative estimate of drug-likeness (QED) is 0.937. The van der Waals surface area contributed by atoms with Gasteiger partial charge in [0, 0.05) is 24.6 Å². The fourth-order valence-corrected chi connectivity index (χ4v) is 2.48. The molecular formula is C16H12N2O4. The number of aliphatic carboxylic acids is 1. The highest BCUT2D eigenvalue weighted by molar-refractivity contribution is 5.99. The average molecular weight is 296 g/mol. The van der Waals surface area contributed by atoms with Crippen LogP contribution in [-0.2, 0) is 9.59 Å². The molecule has 2 aromatic rings. The summed E-state index contributed by atoms with van der Waals surface area (Å²) in [6.07, 6.45) is -0.0818. The Hall–Kier alpha value is -3.07. The van der Waals surface area contributed by atoms with Crippen LogP contribution in [0.2, 0.25) is 0 Å². The van der Waals surface area contributed by atoms with Gasteiger partial charge in [0.25, 0.3) is 0 Å². The van der Waals surface area contributed by atoms with Gasteiger partial charge in [0.15, 0.2) is 0 Å². The number of hydrogen-bond acceptors (Lipinski definition) is 4. The molecule has 1 saturated heterocycles. The van der Waals surface area contributed by atoms with Gasteiger partial charge in [-0.3, -0.25) is 14.5 Å². The summed E-state index contributed by atoms with van der Waals surface area (Å²) in [7, 11) is 0. The zero-order chi connectivity index (χ0) is 15.7. The maximum atomic E-state index is 12.0. The Morgan fingerprint density at radius 3 is 2.68 bits per heavy atom. The molecule has 6 nitrogen and oxygen atoms in total. The Balaban J connectivity index is 1.98. The number of carbonyl (C=O) groups is 2. The number of benzene rings is 1. The van der Waals surface area contributed by atoms with Crippen molar-refractivity contribution < 1.29 is 19.1 Å². The summed E-state index contributed by atoms with van der Waals surface area (Å²) in [4.78, 5) is 24.3. The first kappa shape index (κ1) is 13.9. The van der Waals surface area contributed by atoms with E-state index in [1.807, 2.05) is 36.4 Å². The molecule has 0 bridgehead atoms. The molecule has 22 heavy (non-hydrogen) atoms. The Kier molecular flexibility index (Phi) is 3.39. The van der Waals surface area contributed by atoms with E-state index in [9.17, 15) is 14.9 Å². The first-order valence-electron chi connectivity index (χ1n) is 6.72. The molecule has 1 unspecified atom stereocenters. The number of rotatable bonds is 3. The molecule has 0 spiro atoms. The molecule has 1 fully saturated rings. The smallest absolute Gasteiger partial charge is 0.308 e. The molecular weight excluding hydrogens is 284 g/mol. The first-order valence-corrected chi connectivity index (χ1v) is 6.72. The Morgan fingerprint density at radius 1 is 1.36 bits per heavy atom. The third-order valence-corrected chi connectivity index (χ3v) is 3.61. The van der Waals surface area contributed by atoms with Crippen molar-refractivity contribution in [3.63, 3.8) is 0 Å². The highest BCUT2D eigenvalue weighted by atomic mass is 16.4. The molecule has 1 amide bonds. The second-order valence-electron chi connectivity index (χ2n) is 5.05. The number of furan rings is 1. The van der Waals surface area contributed by atoms with Crippen LogP contribution in [0.4, 0.5) is 5.88 Å². The van der Waals surface area contributed by atoms with E-state index in [0.29, 0.717) is 5.76 Å². The van der Waals surface area contributed by atoms with E-state index in [0.717, 1.165) is 5.56 Å². The largest absolute Gasteiger partial charge is 0.481 e. The first-order chi connectivity index (χ1) is 10.6. The summed E-state index contributed by atoms with van der Waals surface area (Å²) in [5.41, 5.74) is 1.00. The summed E-state index contributed by atoms with van der Waals surface area (Å²) in [6, 6.07) is 12.7. The monoisotopic (exact) mass is 296 g/mol. The molecule has 1 aromatic heterocycles. The second kappa shape index (κ2) is 5.37. The number of hydrogen-bond donors (Lipinski definition) is 1. The van der Waals surface area contributed by atoms with Gasteiger partial charge in [0.05, 0.1) is 5.92 Å². The fraction of sp³-hybridized carbons (Fsp3) is 0.188. The number of anilines is 1. The maximum Gasteiger partial charge on any atom is 0.308 e. The molecule has 110 valence electrons. The molecule has 1 atom stereocenters. The fourth-order valence-electron chi connectivity index (χ4n) is 2.48. The molecule has 1 aromatic carbocycles. The van der Waals surface area contributed by atoms with Gasteiger partial charge in [-0.15, -0.1) is 0 Å². The van der Waals surface area contributed by atoms with Crippen LogP contribution < -0.4 is 4.90 Å². The summed E-state index contributed by atoms with van der Waals surface area (Å²) in [5.74, 6) is -1.56. The summed E-state index contributed by atoms with van der Waals surface area (Å²) in [5, 5.41) is 18.3. The summed E-state index contributed by atoms with van der Waals surface area (Å²) >= 11 is 0. The van der Waals surface area contributed by atoms with Crippen LogP contribution in [0.1, 0.15) is 12.0 Å². The average Bonchev–Trinajstić information content (AvgIpc) is 3.11. The molecule has 1 N–H and O–H groups in total. The lowest BCUT2D eigenvalue weighted by atomic mass is 10.1. The van der Waals surface area contributed by atoms with Crippen LogP contribution in [0.5, 0.6) is 0 Å². The lowest BCUT2D eigenvalue weighted by Gasteiger charge is -2.12. The normalized spacial score (nSPS) is 17.5. The SMILES string of the molecule is N#Cc1cc(-c2ccccc2)oc1N1CC(C(=O)O)CC1=O. The van der Waals surface area contributed by atoms with Crippen LogP contribution in [-0.4, -0.2) is 23.5 Å². The Bertz CT molecular complexity index is 773. The molecule has 6 heteroatoms. The molecule has 3 rings (SSSR count). The van der Waals surface area contributed by atoms with Gasteiger partial charge in [-0.05, 0) is 0 Å². The van der Waals surface area contributed by atoms with E-state index in [1.165, 1.54) is 4.90 Å².